The first-order chi connectivity index (χ1) is 8.81. The van der Waals surface area contributed by atoms with E-state index in [9.17, 15) is 4.79 Å². The van der Waals surface area contributed by atoms with E-state index in [1.807, 2.05) is 13.8 Å². The molecule has 0 saturated heterocycles. The largest absolute Gasteiger partial charge is 0.479 e. The Hall–Kier alpha value is -0.640. The fourth-order valence-corrected chi connectivity index (χ4v) is 1.87. The highest BCUT2D eigenvalue weighted by Gasteiger charge is 2.17. The molecule has 3 nitrogen and oxygen atoms in total. The molecule has 0 fully saturated rings. The Balaban J connectivity index is 2.69. The van der Waals surface area contributed by atoms with Crippen LogP contribution in [0.15, 0.2) is 12.1 Å². The molecule has 0 aliphatic rings. The lowest BCUT2D eigenvalue weighted by Crippen LogP contribution is -2.38. The van der Waals surface area contributed by atoms with Crippen molar-refractivity contribution in [3.8, 4) is 5.75 Å². The summed E-state index contributed by atoms with van der Waals surface area (Å²) in [6.45, 7) is 6.28. The second-order valence-corrected chi connectivity index (χ2v) is 5.82. The number of halogens is 3. The first-order valence-corrected chi connectivity index (χ1v) is 7.03. The van der Waals surface area contributed by atoms with Crippen LogP contribution in [0.2, 0.25) is 15.1 Å². The zero-order valence-electron chi connectivity index (χ0n) is 11.0. The van der Waals surface area contributed by atoms with Gasteiger partial charge in [0.1, 0.15) is 5.75 Å². The Morgan fingerprint density at radius 2 is 1.74 bits per heavy atom. The Labute approximate surface area is 128 Å². The third-order valence-corrected chi connectivity index (χ3v) is 3.35. The van der Waals surface area contributed by atoms with E-state index in [-0.39, 0.29) is 5.91 Å². The number of ether oxygens (including phenoxy) is 1. The van der Waals surface area contributed by atoms with Gasteiger partial charge in [-0.15, -0.1) is 0 Å². The van der Waals surface area contributed by atoms with Crippen molar-refractivity contribution in [2.75, 3.05) is 6.54 Å². The number of nitrogens with one attached hydrogen (secondary N) is 1. The molecule has 0 aromatic heterocycles. The van der Waals surface area contributed by atoms with E-state index in [0.29, 0.717) is 33.3 Å². The molecule has 19 heavy (non-hydrogen) atoms. The zero-order valence-corrected chi connectivity index (χ0v) is 13.2. The summed E-state index contributed by atoms with van der Waals surface area (Å²) < 4.78 is 5.49. The van der Waals surface area contributed by atoms with Gasteiger partial charge in [0.2, 0.25) is 0 Å². The van der Waals surface area contributed by atoms with Crippen LogP contribution < -0.4 is 10.1 Å². The van der Waals surface area contributed by atoms with Crippen molar-refractivity contribution >= 4 is 40.7 Å². The number of carbonyl (C=O) groups excluding carboxylic acids is 1. The van der Waals surface area contributed by atoms with Gasteiger partial charge in [-0.1, -0.05) is 48.7 Å². The van der Waals surface area contributed by atoms with Crippen molar-refractivity contribution < 1.29 is 9.53 Å². The van der Waals surface area contributed by atoms with Crippen LogP contribution in [-0.2, 0) is 4.79 Å². The molecule has 0 aliphatic carbocycles. The van der Waals surface area contributed by atoms with Crippen molar-refractivity contribution in [3.63, 3.8) is 0 Å². The van der Waals surface area contributed by atoms with Gasteiger partial charge < -0.3 is 10.1 Å². The van der Waals surface area contributed by atoms with Gasteiger partial charge in [-0.2, -0.15) is 0 Å². The molecule has 0 saturated carbocycles. The minimum atomic E-state index is -0.659. The minimum Gasteiger partial charge on any atom is -0.479 e. The molecule has 1 rings (SSSR count). The molecular formula is C13H16Cl3NO2. The zero-order chi connectivity index (χ0) is 14.6. The number of benzene rings is 1. The van der Waals surface area contributed by atoms with Crippen LogP contribution >= 0.6 is 34.8 Å². The fraction of sp³-hybridized carbons (Fsp3) is 0.462. The number of carbonyl (C=O) groups is 1. The summed E-state index contributed by atoms with van der Waals surface area (Å²) in [6.07, 6.45) is -0.659. The Morgan fingerprint density at radius 3 is 2.32 bits per heavy atom. The van der Waals surface area contributed by atoms with Crippen molar-refractivity contribution in [1.29, 1.82) is 0 Å². The number of hydrogen-bond donors (Lipinski definition) is 1. The summed E-state index contributed by atoms with van der Waals surface area (Å²) in [4.78, 5) is 11.8. The van der Waals surface area contributed by atoms with E-state index in [0.717, 1.165) is 0 Å². The third kappa shape index (κ3) is 5.09. The lowest BCUT2D eigenvalue weighted by atomic mass is 10.2. The van der Waals surface area contributed by atoms with Gasteiger partial charge in [0.25, 0.3) is 5.91 Å². The van der Waals surface area contributed by atoms with Crippen LogP contribution in [0.3, 0.4) is 0 Å². The van der Waals surface area contributed by atoms with Crippen LogP contribution in [0, 0.1) is 5.92 Å². The molecule has 0 radical (unpaired) electrons. The number of amides is 1. The molecule has 1 aromatic carbocycles. The molecule has 106 valence electrons. The first kappa shape index (κ1) is 16.4. The number of rotatable bonds is 5. The van der Waals surface area contributed by atoms with E-state index >= 15 is 0 Å². The van der Waals surface area contributed by atoms with Crippen molar-refractivity contribution in [3.05, 3.63) is 27.2 Å². The topological polar surface area (TPSA) is 38.3 Å². The smallest absolute Gasteiger partial charge is 0.260 e. The number of hydrogen-bond acceptors (Lipinski definition) is 2. The van der Waals surface area contributed by atoms with Gasteiger partial charge in [-0.3, -0.25) is 4.79 Å². The van der Waals surface area contributed by atoms with Gasteiger partial charge in [-0.25, -0.2) is 0 Å². The maximum absolute atomic E-state index is 11.8. The van der Waals surface area contributed by atoms with E-state index in [1.165, 1.54) is 12.1 Å². The standard InChI is InChI=1S/C13H16Cl3NO2/c1-7(2)6-17-13(18)8(3)19-12-5-10(15)9(14)4-11(12)16/h4-5,7-8H,6H2,1-3H3,(H,17,18). The summed E-state index contributed by atoms with van der Waals surface area (Å²) in [6, 6.07) is 2.98. The fourth-order valence-electron chi connectivity index (χ4n) is 1.29. The minimum absolute atomic E-state index is 0.198. The normalized spacial score (nSPS) is 12.4. The van der Waals surface area contributed by atoms with Crippen LogP contribution in [0.5, 0.6) is 5.75 Å². The molecule has 0 spiro atoms. The lowest BCUT2D eigenvalue weighted by molar-refractivity contribution is -0.127. The summed E-state index contributed by atoms with van der Waals surface area (Å²) in [7, 11) is 0. The molecule has 1 aromatic rings. The van der Waals surface area contributed by atoms with Gasteiger partial charge >= 0.3 is 0 Å². The molecule has 0 aliphatic heterocycles. The molecular weight excluding hydrogens is 309 g/mol. The highest BCUT2D eigenvalue weighted by molar-refractivity contribution is 6.43. The Kier molecular flexibility index (Phi) is 6.24. The first-order valence-electron chi connectivity index (χ1n) is 5.90. The molecule has 0 heterocycles. The van der Waals surface area contributed by atoms with Gasteiger partial charge in [-0.05, 0) is 18.9 Å². The third-order valence-electron chi connectivity index (χ3n) is 2.33. The van der Waals surface area contributed by atoms with Crippen molar-refractivity contribution in [2.24, 2.45) is 5.92 Å². The van der Waals surface area contributed by atoms with Gasteiger partial charge in [0.05, 0.1) is 15.1 Å². The van der Waals surface area contributed by atoms with Crippen LogP contribution in [0.25, 0.3) is 0 Å². The van der Waals surface area contributed by atoms with Crippen LogP contribution in [0.1, 0.15) is 20.8 Å². The average Bonchev–Trinajstić information content (AvgIpc) is 2.32. The van der Waals surface area contributed by atoms with Crippen molar-refractivity contribution in [1.82, 2.24) is 5.32 Å². The quantitative estimate of drug-likeness (QED) is 0.825. The van der Waals surface area contributed by atoms with Crippen molar-refractivity contribution in [2.45, 2.75) is 26.9 Å². The van der Waals surface area contributed by atoms with E-state index < -0.39 is 6.10 Å². The van der Waals surface area contributed by atoms with Gasteiger partial charge in [0, 0.05) is 12.6 Å². The maximum Gasteiger partial charge on any atom is 0.260 e. The predicted octanol–water partition coefficient (Wildman–Crippen LogP) is 4.19. The highest BCUT2D eigenvalue weighted by Crippen LogP contribution is 2.34. The SMILES string of the molecule is CC(C)CNC(=O)C(C)Oc1cc(Cl)c(Cl)cc1Cl. The summed E-state index contributed by atoms with van der Waals surface area (Å²) in [5.41, 5.74) is 0. The second kappa shape index (κ2) is 7.22. The van der Waals surface area contributed by atoms with E-state index in [2.05, 4.69) is 5.32 Å². The molecule has 1 atom stereocenters. The molecule has 6 heteroatoms. The molecule has 1 N–H and O–H groups in total. The molecule has 0 bridgehead atoms. The lowest BCUT2D eigenvalue weighted by Gasteiger charge is -2.17. The molecule has 1 unspecified atom stereocenters. The van der Waals surface area contributed by atoms with Gasteiger partial charge in [0.15, 0.2) is 6.10 Å². The summed E-state index contributed by atoms with van der Waals surface area (Å²) in [5, 5.41) is 3.77. The highest BCUT2D eigenvalue weighted by atomic mass is 35.5. The average molecular weight is 325 g/mol. The monoisotopic (exact) mass is 323 g/mol. The Bertz CT molecular complexity index is 463. The second-order valence-electron chi connectivity index (χ2n) is 4.60. The Morgan fingerprint density at radius 1 is 1.16 bits per heavy atom. The van der Waals surface area contributed by atoms with Crippen LogP contribution in [-0.4, -0.2) is 18.6 Å². The summed E-state index contributed by atoms with van der Waals surface area (Å²) >= 11 is 17.7. The van der Waals surface area contributed by atoms with Crippen LogP contribution in [0.4, 0.5) is 0 Å². The van der Waals surface area contributed by atoms with E-state index in [4.69, 9.17) is 39.5 Å². The molecule has 1 amide bonds. The summed E-state index contributed by atoms with van der Waals surface area (Å²) in [5.74, 6) is 0.517. The predicted molar refractivity (Wildman–Crippen MR) is 79.4 cm³/mol. The maximum atomic E-state index is 11.8. The van der Waals surface area contributed by atoms with E-state index in [1.54, 1.807) is 6.92 Å².